The molecule has 1 aliphatic rings. The zero-order valence-corrected chi connectivity index (χ0v) is 22.2. The number of nitrogens with zero attached hydrogens (tertiary/aromatic N) is 3. The van der Waals surface area contributed by atoms with Crippen molar-refractivity contribution in [1.82, 2.24) is 25.2 Å². The normalized spacial score (nSPS) is 13.6. The van der Waals surface area contributed by atoms with Gasteiger partial charge in [0.1, 0.15) is 17.1 Å². The number of aryl methyl sites for hydroxylation is 2. The van der Waals surface area contributed by atoms with Crippen LogP contribution in [0.3, 0.4) is 0 Å². The number of carbonyl (C=O) groups excluding carboxylic acids is 1. The van der Waals surface area contributed by atoms with Crippen molar-refractivity contribution >= 4 is 22.5 Å². The molecule has 5 aromatic rings. The van der Waals surface area contributed by atoms with E-state index >= 15 is 4.39 Å². The summed E-state index contributed by atoms with van der Waals surface area (Å²) in [5.74, 6) is -1.22. The average Bonchev–Trinajstić information content (AvgIpc) is 3.61. The molecule has 1 saturated heterocycles. The van der Waals surface area contributed by atoms with Gasteiger partial charge in [-0.25, -0.2) is 8.78 Å². The lowest BCUT2D eigenvalue weighted by Gasteiger charge is -2.17. The third kappa shape index (κ3) is 5.08. The molecule has 0 aliphatic carbocycles. The van der Waals surface area contributed by atoms with Crippen LogP contribution in [-0.4, -0.2) is 33.3 Å². The van der Waals surface area contributed by atoms with Gasteiger partial charge in [-0.2, -0.15) is 5.10 Å². The number of nitrogens with one attached hydrogen (secondary N) is 3. The Morgan fingerprint density at radius 2 is 1.76 bits per heavy atom. The molecule has 0 spiro atoms. The molecule has 6 rings (SSSR count). The number of pyridine rings is 1. The number of amides is 1. The highest BCUT2D eigenvalue weighted by molar-refractivity contribution is 6.04. The second-order valence-electron chi connectivity index (χ2n) is 9.88. The second kappa shape index (κ2) is 10.6. The number of rotatable bonds is 6. The molecule has 3 heterocycles. The van der Waals surface area contributed by atoms with Crippen LogP contribution >= 0.6 is 0 Å². The zero-order chi connectivity index (χ0) is 28.7. The molecule has 0 atom stereocenters. The fourth-order valence-corrected chi connectivity index (χ4v) is 4.98. The van der Waals surface area contributed by atoms with Crippen molar-refractivity contribution < 1.29 is 18.3 Å². The summed E-state index contributed by atoms with van der Waals surface area (Å²) in [7, 11) is 1.86. The first-order chi connectivity index (χ1) is 19.8. The summed E-state index contributed by atoms with van der Waals surface area (Å²) in [5.41, 5.74) is 8.48. The third-order valence-corrected chi connectivity index (χ3v) is 7.16. The summed E-state index contributed by atoms with van der Waals surface area (Å²) in [4.78, 5) is 26.2. The van der Waals surface area contributed by atoms with Gasteiger partial charge < -0.3 is 10.1 Å². The van der Waals surface area contributed by atoms with E-state index in [9.17, 15) is 14.0 Å². The standard InChI is InChI=1S/C30H26F2N6O3/c1-17-3-9-23(30(40)38(17)22-7-4-20(31)5-8-22)29(39)36-21-6-10-27(25(32)12-21)41-28-11-18-16-35-37(2)26(18)13-24(28)19-14-33-34-15-19/h3-13,16,19,33-34H,14-15H2,1-2H3,(H,36,39). The van der Waals surface area contributed by atoms with Gasteiger partial charge in [0.15, 0.2) is 11.6 Å². The number of aromatic nitrogens is 3. The lowest BCUT2D eigenvalue weighted by Crippen LogP contribution is -2.29. The quantitative estimate of drug-likeness (QED) is 0.284. The van der Waals surface area contributed by atoms with E-state index in [0.717, 1.165) is 22.5 Å². The van der Waals surface area contributed by atoms with Crippen LogP contribution in [0, 0.1) is 18.6 Å². The molecule has 41 heavy (non-hydrogen) atoms. The molecular formula is C30H26F2N6O3. The predicted molar refractivity (Wildman–Crippen MR) is 151 cm³/mol. The monoisotopic (exact) mass is 556 g/mol. The number of fused-ring (bicyclic) bond motifs is 1. The van der Waals surface area contributed by atoms with Crippen molar-refractivity contribution in [3.63, 3.8) is 0 Å². The van der Waals surface area contributed by atoms with E-state index in [0.29, 0.717) is 30.2 Å². The number of hydrogen-bond donors (Lipinski definition) is 3. The van der Waals surface area contributed by atoms with E-state index in [4.69, 9.17) is 4.74 Å². The Labute approximate surface area is 233 Å². The lowest BCUT2D eigenvalue weighted by molar-refractivity contribution is 0.102. The molecule has 0 bridgehead atoms. The summed E-state index contributed by atoms with van der Waals surface area (Å²) >= 11 is 0. The molecule has 2 aromatic heterocycles. The van der Waals surface area contributed by atoms with E-state index in [1.807, 2.05) is 19.2 Å². The second-order valence-corrected chi connectivity index (χ2v) is 9.88. The molecule has 0 saturated carbocycles. The first kappa shape index (κ1) is 26.4. The van der Waals surface area contributed by atoms with Gasteiger partial charge in [-0.3, -0.25) is 29.7 Å². The molecule has 0 radical (unpaired) electrons. The van der Waals surface area contributed by atoms with Gasteiger partial charge in [0.2, 0.25) is 0 Å². The van der Waals surface area contributed by atoms with Crippen LogP contribution in [0.4, 0.5) is 14.5 Å². The van der Waals surface area contributed by atoms with E-state index in [1.54, 1.807) is 23.9 Å². The topological polar surface area (TPSA) is 102 Å². The van der Waals surface area contributed by atoms with Crippen LogP contribution in [0.15, 0.2) is 77.7 Å². The van der Waals surface area contributed by atoms with Crippen molar-refractivity contribution in [3.05, 3.63) is 112 Å². The smallest absolute Gasteiger partial charge is 0.268 e. The molecule has 0 unspecified atom stereocenters. The number of hydrogen-bond acceptors (Lipinski definition) is 6. The minimum Gasteiger partial charge on any atom is -0.454 e. The highest BCUT2D eigenvalue weighted by Crippen LogP contribution is 2.36. The number of anilines is 1. The maximum Gasteiger partial charge on any atom is 0.268 e. The molecule has 3 aromatic carbocycles. The van der Waals surface area contributed by atoms with Gasteiger partial charge >= 0.3 is 0 Å². The van der Waals surface area contributed by atoms with Gasteiger partial charge in [0.05, 0.1) is 11.7 Å². The molecule has 3 N–H and O–H groups in total. The van der Waals surface area contributed by atoms with Gasteiger partial charge in [-0.05, 0) is 67.6 Å². The van der Waals surface area contributed by atoms with Gasteiger partial charge in [-0.1, -0.05) is 0 Å². The Bertz CT molecular complexity index is 1840. The molecule has 11 heteroatoms. The Kier molecular flexibility index (Phi) is 6.82. The molecule has 1 fully saturated rings. The lowest BCUT2D eigenvalue weighted by atomic mass is 9.98. The minimum atomic E-state index is -0.704. The van der Waals surface area contributed by atoms with Gasteiger partial charge in [0, 0.05) is 60.1 Å². The molecule has 208 valence electrons. The third-order valence-electron chi connectivity index (χ3n) is 7.16. The number of ether oxygens (including phenoxy) is 1. The van der Waals surface area contributed by atoms with Crippen LogP contribution in [0.1, 0.15) is 27.5 Å². The van der Waals surface area contributed by atoms with Crippen LogP contribution in [0.25, 0.3) is 16.6 Å². The number of benzene rings is 3. The average molecular weight is 557 g/mol. The summed E-state index contributed by atoms with van der Waals surface area (Å²) in [5, 5.41) is 7.75. The minimum absolute atomic E-state index is 0.0135. The molecule has 9 nitrogen and oxygen atoms in total. The van der Waals surface area contributed by atoms with Crippen LogP contribution in [0.5, 0.6) is 11.5 Å². The van der Waals surface area contributed by atoms with Gasteiger partial charge in [-0.15, -0.1) is 0 Å². The van der Waals surface area contributed by atoms with E-state index < -0.39 is 23.1 Å². The fourth-order valence-electron chi connectivity index (χ4n) is 4.98. The Morgan fingerprint density at radius 1 is 1.00 bits per heavy atom. The summed E-state index contributed by atoms with van der Waals surface area (Å²) in [6.07, 6.45) is 1.72. The van der Waals surface area contributed by atoms with Crippen molar-refractivity contribution in [2.24, 2.45) is 7.05 Å². The largest absolute Gasteiger partial charge is 0.454 e. The van der Waals surface area contributed by atoms with Gasteiger partial charge in [0.25, 0.3) is 11.5 Å². The number of halogens is 2. The van der Waals surface area contributed by atoms with Crippen LogP contribution in [-0.2, 0) is 7.05 Å². The summed E-state index contributed by atoms with van der Waals surface area (Å²) < 4.78 is 37.8. The fraction of sp³-hybridized carbons (Fsp3) is 0.167. The highest BCUT2D eigenvalue weighted by atomic mass is 19.1. The molecule has 1 aliphatic heterocycles. The van der Waals surface area contributed by atoms with Crippen molar-refractivity contribution in [2.45, 2.75) is 12.8 Å². The molecule has 1 amide bonds. The first-order valence-electron chi connectivity index (χ1n) is 13.0. The zero-order valence-electron chi connectivity index (χ0n) is 22.2. The van der Waals surface area contributed by atoms with E-state index in [2.05, 4.69) is 21.3 Å². The SMILES string of the molecule is Cc1ccc(C(=O)Nc2ccc(Oc3cc4cnn(C)c4cc3C3CNNC3)c(F)c2)c(=O)n1-c1ccc(F)cc1. The number of carbonyl (C=O) groups is 1. The van der Waals surface area contributed by atoms with Crippen molar-refractivity contribution in [1.29, 1.82) is 0 Å². The van der Waals surface area contributed by atoms with E-state index in [1.165, 1.54) is 47.0 Å². The Morgan fingerprint density at radius 3 is 2.49 bits per heavy atom. The Hall–Kier alpha value is -4.87. The summed E-state index contributed by atoms with van der Waals surface area (Å²) in [6, 6.07) is 16.3. The maximum atomic E-state index is 15.3. The van der Waals surface area contributed by atoms with Crippen LogP contribution in [0.2, 0.25) is 0 Å². The maximum absolute atomic E-state index is 15.3. The van der Waals surface area contributed by atoms with Crippen LogP contribution < -0.4 is 26.5 Å². The van der Waals surface area contributed by atoms with Crippen molar-refractivity contribution in [2.75, 3.05) is 18.4 Å². The van der Waals surface area contributed by atoms with E-state index in [-0.39, 0.29) is 22.9 Å². The predicted octanol–water partition coefficient (Wildman–Crippen LogP) is 4.55. The molecular weight excluding hydrogens is 530 g/mol. The summed E-state index contributed by atoms with van der Waals surface area (Å²) in [6.45, 7) is 3.09. The number of hydrazine groups is 1. The highest BCUT2D eigenvalue weighted by Gasteiger charge is 2.23. The Balaban J connectivity index is 1.26. The first-order valence-corrected chi connectivity index (χ1v) is 13.0. The van der Waals surface area contributed by atoms with Crippen molar-refractivity contribution in [3.8, 4) is 17.2 Å².